The van der Waals surface area contributed by atoms with Crippen molar-refractivity contribution in [2.24, 2.45) is 0 Å². The quantitative estimate of drug-likeness (QED) is 0.563. The van der Waals surface area contributed by atoms with Gasteiger partial charge in [-0.3, -0.25) is 4.79 Å². The van der Waals surface area contributed by atoms with E-state index in [1.54, 1.807) is 0 Å². The lowest BCUT2D eigenvalue weighted by molar-refractivity contribution is 0.0503. The molecule has 1 unspecified atom stereocenters. The number of pyridine rings is 1. The zero-order valence-electron chi connectivity index (χ0n) is 18.5. The van der Waals surface area contributed by atoms with Gasteiger partial charge in [0.25, 0.3) is 5.91 Å². The molecule has 8 nitrogen and oxygen atoms in total. The van der Waals surface area contributed by atoms with Crippen LogP contribution in [0.4, 0.5) is 5.82 Å². The summed E-state index contributed by atoms with van der Waals surface area (Å²) in [6.07, 6.45) is 2.03. The van der Waals surface area contributed by atoms with Crippen molar-refractivity contribution in [3.63, 3.8) is 0 Å². The Morgan fingerprint density at radius 1 is 1.19 bits per heavy atom. The summed E-state index contributed by atoms with van der Waals surface area (Å²) < 4.78 is 16.9. The van der Waals surface area contributed by atoms with Gasteiger partial charge in [-0.2, -0.15) is 0 Å². The maximum absolute atomic E-state index is 13.4. The second kappa shape index (κ2) is 8.55. The zero-order chi connectivity index (χ0) is 22.2. The molecule has 1 fully saturated rings. The van der Waals surface area contributed by atoms with Gasteiger partial charge in [0.2, 0.25) is 6.79 Å². The molecule has 1 amide bonds. The molecule has 1 saturated heterocycles. The van der Waals surface area contributed by atoms with Gasteiger partial charge in [-0.15, -0.1) is 11.3 Å². The summed E-state index contributed by atoms with van der Waals surface area (Å²) in [5.74, 6) is 2.15. The Balaban J connectivity index is 1.52. The highest BCUT2D eigenvalue weighted by Crippen LogP contribution is 2.37. The van der Waals surface area contributed by atoms with E-state index in [1.165, 1.54) is 11.3 Å². The smallest absolute Gasteiger partial charge is 0.273 e. The fourth-order valence-electron chi connectivity index (χ4n) is 4.18. The van der Waals surface area contributed by atoms with Crippen LogP contribution in [0.1, 0.15) is 33.9 Å². The first kappa shape index (κ1) is 21.0. The van der Waals surface area contributed by atoms with Crippen molar-refractivity contribution in [2.45, 2.75) is 32.4 Å². The predicted octanol–water partition coefficient (Wildman–Crippen LogP) is 3.62. The van der Waals surface area contributed by atoms with Gasteiger partial charge >= 0.3 is 0 Å². The summed E-state index contributed by atoms with van der Waals surface area (Å²) in [4.78, 5) is 26.5. The largest absolute Gasteiger partial charge is 0.454 e. The Labute approximate surface area is 190 Å². The first-order valence-electron chi connectivity index (χ1n) is 10.7. The van der Waals surface area contributed by atoms with Gasteiger partial charge in [-0.1, -0.05) is 0 Å². The van der Waals surface area contributed by atoms with E-state index >= 15 is 0 Å². The van der Waals surface area contributed by atoms with E-state index in [0.29, 0.717) is 30.3 Å². The van der Waals surface area contributed by atoms with E-state index in [1.807, 2.05) is 48.3 Å². The highest BCUT2D eigenvalue weighted by Gasteiger charge is 2.26. The van der Waals surface area contributed by atoms with Crippen LogP contribution in [0.3, 0.4) is 0 Å². The van der Waals surface area contributed by atoms with E-state index in [-0.39, 0.29) is 18.8 Å². The van der Waals surface area contributed by atoms with E-state index < -0.39 is 0 Å². The molecule has 4 heterocycles. The number of anilines is 1. The Kier molecular flexibility index (Phi) is 5.60. The number of benzene rings is 1. The lowest BCUT2D eigenvalue weighted by atomic mass is 10.1. The topological polar surface area (TPSA) is 77.0 Å². The third kappa shape index (κ3) is 4.10. The second-order valence-corrected chi connectivity index (χ2v) is 9.40. The van der Waals surface area contributed by atoms with Gasteiger partial charge in [0.15, 0.2) is 11.5 Å². The molecule has 0 N–H and O–H groups in total. The van der Waals surface area contributed by atoms with Crippen LogP contribution in [0.2, 0.25) is 0 Å². The molecule has 0 spiro atoms. The molecule has 0 bridgehead atoms. The summed E-state index contributed by atoms with van der Waals surface area (Å²) in [5, 5.41) is 3.65. The molecule has 32 heavy (non-hydrogen) atoms. The molecule has 0 saturated carbocycles. The van der Waals surface area contributed by atoms with Gasteiger partial charge in [0, 0.05) is 56.2 Å². The molecule has 2 aliphatic rings. The average molecular weight is 455 g/mol. The summed E-state index contributed by atoms with van der Waals surface area (Å²) in [5.41, 5.74) is 2.27. The Morgan fingerprint density at radius 3 is 2.69 bits per heavy atom. The minimum atomic E-state index is -0.0830. The number of aryl methyl sites for hydroxylation is 1. The fraction of sp³-hybridized carbons (Fsp3) is 0.435. The summed E-state index contributed by atoms with van der Waals surface area (Å²) >= 11 is 1.48. The molecule has 2 aliphatic heterocycles. The number of carbonyl (C=O) groups excluding carboxylic acids is 1. The first-order valence-corrected chi connectivity index (χ1v) is 11.6. The van der Waals surface area contributed by atoms with Crippen LogP contribution in [0, 0.1) is 6.92 Å². The van der Waals surface area contributed by atoms with E-state index in [9.17, 15) is 4.79 Å². The normalized spacial score (nSPS) is 17.2. The van der Waals surface area contributed by atoms with Gasteiger partial charge in [-0.25, -0.2) is 9.97 Å². The van der Waals surface area contributed by atoms with Crippen LogP contribution in [0.25, 0.3) is 10.9 Å². The van der Waals surface area contributed by atoms with Crippen molar-refractivity contribution in [3.05, 3.63) is 39.8 Å². The molecule has 0 aliphatic carbocycles. The number of nitrogens with zero attached hydrogens (tertiary/aromatic N) is 4. The Bertz CT molecular complexity index is 1160. The Hall–Kier alpha value is -2.91. The number of rotatable bonds is 6. The van der Waals surface area contributed by atoms with Crippen molar-refractivity contribution >= 4 is 34.0 Å². The van der Waals surface area contributed by atoms with E-state index in [0.717, 1.165) is 46.7 Å². The van der Waals surface area contributed by atoms with Crippen LogP contribution >= 0.6 is 11.3 Å². The zero-order valence-corrected chi connectivity index (χ0v) is 19.3. The van der Waals surface area contributed by atoms with Crippen LogP contribution in [0.5, 0.6) is 11.5 Å². The number of hydrogen-bond acceptors (Lipinski definition) is 8. The average Bonchev–Trinajstić information content (AvgIpc) is 3.52. The van der Waals surface area contributed by atoms with E-state index in [2.05, 4.69) is 11.1 Å². The van der Waals surface area contributed by atoms with Crippen molar-refractivity contribution in [2.75, 3.05) is 38.9 Å². The SMILES string of the molecule is Cc1nc(C(=O)N(Cc2cc3cc4c(cc3nc2N(C)C)OCO4)CC2CCCO2)cs1. The van der Waals surface area contributed by atoms with Gasteiger partial charge in [-0.05, 0) is 31.9 Å². The first-order chi connectivity index (χ1) is 15.5. The van der Waals surface area contributed by atoms with Gasteiger partial charge in [0.05, 0.1) is 16.6 Å². The van der Waals surface area contributed by atoms with Crippen molar-refractivity contribution in [1.82, 2.24) is 14.9 Å². The third-order valence-electron chi connectivity index (χ3n) is 5.72. The van der Waals surface area contributed by atoms with E-state index in [4.69, 9.17) is 19.2 Å². The number of amides is 1. The summed E-state index contributed by atoms with van der Waals surface area (Å²) in [6.45, 7) is 3.82. The van der Waals surface area contributed by atoms with Crippen LogP contribution in [-0.2, 0) is 11.3 Å². The monoisotopic (exact) mass is 454 g/mol. The van der Waals surface area contributed by atoms with Crippen molar-refractivity contribution in [3.8, 4) is 11.5 Å². The number of carbonyl (C=O) groups is 1. The van der Waals surface area contributed by atoms with Crippen LogP contribution in [-0.4, -0.2) is 60.9 Å². The van der Waals surface area contributed by atoms with Crippen molar-refractivity contribution < 1.29 is 19.0 Å². The lowest BCUT2D eigenvalue weighted by Gasteiger charge is -2.27. The number of ether oxygens (including phenoxy) is 3. The number of hydrogen-bond donors (Lipinski definition) is 0. The molecular weight excluding hydrogens is 428 g/mol. The van der Waals surface area contributed by atoms with Gasteiger partial charge < -0.3 is 24.0 Å². The summed E-state index contributed by atoms with van der Waals surface area (Å²) in [7, 11) is 3.92. The highest BCUT2D eigenvalue weighted by atomic mass is 32.1. The number of aromatic nitrogens is 2. The minimum Gasteiger partial charge on any atom is -0.454 e. The fourth-order valence-corrected chi connectivity index (χ4v) is 4.77. The maximum atomic E-state index is 13.4. The third-order valence-corrected chi connectivity index (χ3v) is 6.50. The molecular formula is C23H26N4O4S. The highest BCUT2D eigenvalue weighted by molar-refractivity contribution is 7.09. The van der Waals surface area contributed by atoms with Crippen LogP contribution in [0.15, 0.2) is 23.6 Å². The number of thiazole rings is 1. The summed E-state index contributed by atoms with van der Waals surface area (Å²) in [6, 6.07) is 5.94. The molecule has 168 valence electrons. The predicted molar refractivity (Wildman–Crippen MR) is 123 cm³/mol. The van der Waals surface area contributed by atoms with Crippen LogP contribution < -0.4 is 14.4 Å². The molecule has 5 rings (SSSR count). The molecule has 1 aromatic carbocycles. The molecule has 1 atom stereocenters. The second-order valence-electron chi connectivity index (χ2n) is 8.34. The molecule has 2 aromatic heterocycles. The van der Waals surface area contributed by atoms with Gasteiger partial charge in [0.1, 0.15) is 11.5 Å². The van der Waals surface area contributed by atoms with Crippen molar-refractivity contribution in [1.29, 1.82) is 0 Å². The lowest BCUT2D eigenvalue weighted by Crippen LogP contribution is -2.37. The standard InChI is InChI=1S/C23H26N4O4S/c1-14-24-19(12-32-14)23(28)27(11-17-5-4-6-29-17)10-16-7-15-8-20-21(31-13-30-20)9-18(15)25-22(16)26(2)3/h7-9,12,17H,4-6,10-11,13H2,1-3H3. The minimum absolute atomic E-state index is 0.0451. The Morgan fingerprint density at radius 2 is 2.00 bits per heavy atom. The molecule has 3 aromatic rings. The number of fused-ring (bicyclic) bond motifs is 2. The maximum Gasteiger partial charge on any atom is 0.273 e. The molecule has 0 radical (unpaired) electrons. The molecule has 9 heteroatoms.